The molecule has 2 heterocycles. The highest BCUT2D eigenvalue weighted by Gasteiger charge is 2.32. The van der Waals surface area contributed by atoms with Gasteiger partial charge in [-0.1, -0.05) is 19.0 Å². The van der Waals surface area contributed by atoms with Gasteiger partial charge < -0.3 is 56.4 Å². The third kappa shape index (κ3) is 12.2. The molecule has 6 unspecified atom stereocenters. The quantitative estimate of drug-likeness (QED) is 0.0319. The average Bonchev–Trinajstić information content (AvgIpc) is 3.68. The van der Waals surface area contributed by atoms with Crippen LogP contribution in [-0.4, -0.2) is 135 Å². The number of nitrogens with zero attached hydrogens (tertiary/aromatic N) is 3. The van der Waals surface area contributed by atoms with Gasteiger partial charge in [0.05, 0.1) is 31.8 Å². The Hall–Kier alpha value is -3.64. The minimum absolute atomic E-state index is 0.0195. The second kappa shape index (κ2) is 18.9. The van der Waals surface area contributed by atoms with Crippen molar-refractivity contribution in [2.75, 3.05) is 33.0 Å². The summed E-state index contributed by atoms with van der Waals surface area (Å²) in [5.41, 5.74) is 0.548. The number of aromatic nitrogens is 2. The fourth-order valence-corrected chi connectivity index (χ4v) is 4.64. The Morgan fingerprint density at radius 1 is 1.11 bits per heavy atom. The van der Waals surface area contributed by atoms with Gasteiger partial charge in [-0.25, -0.2) is 4.98 Å². The van der Waals surface area contributed by atoms with Crippen LogP contribution in [-0.2, 0) is 30.4 Å². The van der Waals surface area contributed by atoms with Crippen LogP contribution in [0.2, 0.25) is 0 Å². The lowest BCUT2D eigenvalue weighted by atomic mass is 10.0. The number of rotatable bonds is 19. The maximum Gasteiger partial charge on any atom is 0.247 e. The van der Waals surface area contributed by atoms with E-state index >= 15 is 0 Å². The Balaban J connectivity index is 2.04. The van der Waals surface area contributed by atoms with Gasteiger partial charge in [-0.05, 0) is 25.2 Å². The van der Waals surface area contributed by atoms with E-state index in [9.17, 15) is 34.5 Å². The van der Waals surface area contributed by atoms with Crippen molar-refractivity contribution in [1.29, 1.82) is 0 Å². The Labute approximate surface area is 255 Å². The lowest BCUT2D eigenvalue weighted by Gasteiger charge is -2.28. The molecule has 0 bridgehead atoms. The third-order valence-corrected chi connectivity index (χ3v) is 7.01. The van der Waals surface area contributed by atoms with E-state index in [4.69, 9.17) is 9.94 Å². The normalized spacial score (nSPS) is 18.5. The topological polar surface area (TPSA) is 251 Å². The number of aliphatic hydroxyl groups is 4. The SMILES string of the molecule is CC(=O)N1CCCC1CNC(CC(C)C)C(=O)NC(Cc1cnc[nH]1)C(=O)NC(CO)C(=O)NCON=CC(O)C(O)CO. The molecule has 0 spiro atoms. The Kier molecular flexibility index (Phi) is 15.7. The van der Waals surface area contributed by atoms with E-state index in [1.165, 1.54) is 19.4 Å². The highest BCUT2D eigenvalue weighted by molar-refractivity contribution is 5.93. The summed E-state index contributed by atoms with van der Waals surface area (Å²) in [6.45, 7) is 4.59. The molecule has 6 atom stereocenters. The lowest BCUT2D eigenvalue weighted by molar-refractivity contribution is -0.133. The highest BCUT2D eigenvalue weighted by Crippen LogP contribution is 2.17. The molecule has 17 nitrogen and oxygen atoms in total. The van der Waals surface area contributed by atoms with E-state index in [0.717, 1.165) is 19.1 Å². The summed E-state index contributed by atoms with van der Waals surface area (Å²) in [5, 5.41) is 51.4. The van der Waals surface area contributed by atoms with Crippen LogP contribution in [0, 0.1) is 5.92 Å². The van der Waals surface area contributed by atoms with Gasteiger partial charge >= 0.3 is 0 Å². The summed E-state index contributed by atoms with van der Waals surface area (Å²) in [7, 11) is 0. The summed E-state index contributed by atoms with van der Waals surface area (Å²) in [4.78, 5) is 64.7. The van der Waals surface area contributed by atoms with E-state index in [2.05, 4.69) is 36.4 Å². The molecule has 1 aliphatic heterocycles. The van der Waals surface area contributed by atoms with Crippen molar-refractivity contribution in [3.8, 4) is 0 Å². The zero-order chi connectivity index (χ0) is 32.6. The summed E-state index contributed by atoms with van der Waals surface area (Å²) in [5.74, 6) is -1.86. The molecule has 2 rings (SSSR count). The summed E-state index contributed by atoms with van der Waals surface area (Å²) >= 11 is 0. The molecule has 0 aliphatic carbocycles. The maximum atomic E-state index is 13.5. The first-order valence-electron chi connectivity index (χ1n) is 14.6. The predicted octanol–water partition coefficient (Wildman–Crippen LogP) is -3.28. The first-order valence-corrected chi connectivity index (χ1v) is 14.6. The monoisotopic (exact) mass is 626 g/mol. The Morgan fingerprint density at radius 3 is 2.43 bits per heavy atom. The number of carbonyl (C=O) groups is 4. The molecular formula is C27H46N8O9. The average molecular weight is 627 g/mol. The van der Waals surface area contributed by atoms with Crippen molar-refractivity contribution in [3.05, 3.63) is 18.2 Å². The molecule has 0 aromatic carbocycles. The molecule has 4 amide bonds. The zero-order valence-corrected chi connectivity index (χ0v) is 25.3. The van der Waals surface area contributed by atoms with Crippen molar-refractivity contribution in [2.24, 2.45) is 11.1 Å². The molecule has 0 radical (unpaired) electrons. The van der Waals surface area contributed by atoms with Gasteiger partial charge in [0.2, 0.25) is 23.6 Å². The first-order chi connectivity index (χ1) is 21.0. The molecule has 1 aromatic rings. The van der Waals surface area contributed by atoms with E-state index in [0.29, 0.717) is 25.2 Å². The van der Waals surface area contributed by atoms with Gasteiger partial charge in [0.15, 0.2) is 6.73 Å². The second-order valence-corrected chi connectivity index (χ2v) is 11.0. The van der Waals surface area contributed by atoms with Crippen LogP contribution in [0.15, 0.2) is 17.7 Å². The van der Waals surface area contributed by atoms with E-state index < -0.39 is 68.0 Å². The van der Waals surface area contributed by atoms with Crippen molar-refractivity contribution in [2.45, 2.75) is 82.8 Å². The number of H-pyrrole nitrogens is 1. The Morgan fingerprint density at radius 2 is 1.82 bits per heavy atom. The fraction of sp³-hybridized carbons (Fsp3) is 0.704. The third-order valence-electron chi connectivity index (χ3n) is 7.01. The van der Waals surface area contributed by atoms with Gasteiger partial charge in [0.25, 0.3) is 0 Å². The number of hydrogen-bond donors (Lipinski definition) is 9. The number of amides is 4. The number of carbonyl (C=O) groups excluding carboxylic acids is 4. The minimum Gasteiger partial charge on any atom is -0.394 e. The van der Waals surface area contributed by atoms with Crippen LogP contribution in [0.5, 0.6) is 0 Å². The lowest BCUT2D eigenvalue weighted by Crippen LogP contribution is -2.58. The number of nitrogens with one attached hydrogen (secondary N) is 5. The van der Waals surface area contributed by atoms with E-state index in [-0.39, 0.29) is 24.3 Å². The van der Waals surface area contributed by atoms with Crippen molar-refractivity contribution >= 4 is 29.8 Å². The van der Waals surface area contributed by atoms with Gasteiger partial charge in [0.1, 0.15) is 24.3 Å². The summed E-state index contributed by atoms with van der Waals surface area (Å²) < 4.78 is 0. The smallest absolute Gasteiger partial charge is 0.247 e. The number of oxime groups is 1. The van der Waals surface area contributed by atoms with Crippen LogP contribution < -0.4 is 21.3 Å². The summed E-state index contributed by atoms with van der Waals surface area (Å²) in [6, 6.07) is -3.23. The second-order valence-electron chi connectivity index (χ2n) is 11.0. The fourth-order valence-electron chi connectivity index (χ4n) is 4.64. The molecule has 1 aromatic heterocycles. The zero-order valence-electron chi connectivity index (χ0n) is 25.3. The maximum absolute atomic E-state index is 13.5. The van der Waals surface area contributed by atoms with Gasteiger partial charge in [-0.3, -0.25) is 19.2 Å². The number of imidazole rings is 1. The van der Waals surface area contributed by atoms with Crippen LogP contribution in [0.25, 0.3) is 0 Å². The number of hydrogen-bond acceptors (Lipinski definition) is 12. The van der Waals surface area contributed by atoms with Gasteiger partial charge in [0, 0.05) is 44.4 Å². The number of likely N-dealkylation sites (tertiary alicyclic amines) is 1. The molecule has 17 heteroatoms. The van der Waals surface area contributed by atoms with Crippen molar-refractivity contribution < 1.29 is 44.4 Å². The molecule has 1 fully saturated rings. The number of aromatic amines is 1. The van der Waals surface area contributed by atoms with Gasteiger partial charge in [-0.2, -0.15) is 0 Å². The first kappa shape index (κ1) is 36.6. The van der Waals surface area contributed by atoms with E-state index in [1.54, 1.807) is 4.90 Å². The molecule has 1 aliphatic rings. The van der Waals surface area contributed by atoms with Crippen LogP contribution in [0.3, 0.4) is 0 Å². The standard InChI is InChI=1S/C27H46N8O9/c1-16(2)7-20(29-10-19-5-4-6-35(19)17(3)38)26(42)33-21(8-18-9-28-14-30-18)27(43)34-22(12-36)25(41)31-15-44-32-11-23(39)24(40)13-37/h9,11,14,16,19-24,29,36-37,39-40H,4-8,10,12-13,15H2,1-3H3,(H,28,30)(H,31,41)(H,33,42)(H,34,43). The highest BCUT2D eigenvalue weighted by atomic mass is 16.6. The van der Waals surface area contributed by atoms with Crippen LogP contribution >= 0.6 is 0 Å². The molecule has 1 saturated heterocycles. The van der Waals surface area contributed by atoms with Crippen LogP contribution in [0.1, 0.15) is 45.7 Å². The molecule has 248 valence electrons. The van der Waals surface area contributed by atoms with Crippen molar-refractivity contribution in [3.63, 3.8) is 0 Å². The number of aliphatic hydroxyl groups excluding tert-OH is 4. The predicted molar refractivity (Wildman–Crippen MR) is 157 cm³/mol. The molecule has 44 heavy (non-hydrogen) atoms. The molecular weight excluding hydrogens is 580 g/mol. The summed E-state index contributed by atoms with van der Waals surface area (Å²) in [6.07, 6.45) is 2.99. The largest absolute Gasteiger partial charge is 0.394 e. The van der Waals surface area contributed by atoms with E-state index in [1.807, 2.05) is 13.8 Å². The Bertz CT molecular complexity index is 1070. The van der Waals surface area contributed by atoms with Crippen LogP contribution in [0.4, 0.5) is 0 Å². The molecule has 0 saturated carbocycles. The molecule has 9 N–H and O–H groups in total. The minimum atomic E-state index is -1.49. The van der Waals surface area contributed by atoms with Gasteiger partial charge in [-0.15, -0.1) is 0 Å². The van der Waals surface area contributed by atoms with Crippen molar-refractivity contribution in [1.82, 2.24) is 36.1 Å².